The normalized spacial score (nSPS) is 10.5. The average molecular weight is 315 g/mol. The van der Waals surface area contributed by atoms with Gasteiger partial charge in [-0.1, -0.05) is 13.2 Å². The van der Waals surface area contributed by atoms with Crippen LogP contribution in [0.1, 0.15) is 39.8 Å². The van der Waals surface area contributed by atoms with Crippen molar-refractivity contribution in [2.24, 2.45) is 0 Å². The van der Waals surface area contributed by atoms with Gasteiger partial charge in [0.1, 0.15) is 0 Å². The van der Waals surface area contributed by atoms with Gasteiger partial charge in [-0.05, 0) is 31.1 Å². The lowest BCUT2D eigenvalue weighted by Gasteiger charge is -2.08. The number of carbonyl (C=O) groups excluding carboxylic acids is 1. The van der Waals surface area contributed by atoms with Crippen molar-refractivity contribution in [2.45, 2.75) is 40.6 Å². The number of rotatable bonds is 5. The molecule has 2 N–H and O–H groups in total. The first-order valence-electron chi connectivity index (χ1n) is 7.33. The summed E-state index contributed by atoms with van der Waals surface area (Å²) < 4.78 is 1.14. The van der Waals surface area contributed by atoms with E-state index in [-0.39, 0.29) is 17.9 Å². The van der Waals surface area contributed by atoms with Gasteiger partial charge in [0.15, 0.2) is 12.7 Å². The van der Waals surface area contributed by atoms with Crippen LogP contribution < -0.4 is 15.5 Å². The van der Waals surface area contributed by atoms with E-state index in [0.29, 0.717) is 11.1 Å². The van der Waals surface area contributed by atoms with Crippen LogP contribution in [0, 0.1) is 20.8 Å². The maximum Gasteiger partial charge on any atom is 0.252 e. The van der Waals surface area contributed by atoms with Crippen molar-refractivity contribution >= 4 is 29.3 Å². The van der Waals surface area contributed by atoms with Crippen molar-refractivity contribution in [3.05, 3.63) is 49.7 Å². The van der Waals surface area contributed by atoms with Gasteiger partial charge in [0.2, 0.25) is 0 Å². The van der Waals surface area contributed by atoms with Crippen LogP contribution in [0.4, 0.5) is 0 Å². The van der Waals surface area contributed by atoms with Crippen molar-refractivity contribution in [1.29, 1.82) is 0 Å². The second-order valence-electron chi connectivity index (χ2n) is 5.35. The molecule has 6 heteroatoms. The summed E-state index contributed by atoms with van der Waals surface area (Å²) in [5.74, 6) is -0.135. The second kappa shape index (κ2) is 6.96. The Balaban J connectivity index is 2.12. The first-order chi connectivity index (χ1) is 10.4. The molecule has 0 unspecified atom stereocenters. The summed E-state index contributed by atoms with van der Waals surface area (Å²) in [6.07, 6.45) is 0.945. The molecule has 115 valence electrons. The van der Waals surface area contributed by atoms with E-state index in [0.717, 1.165) is 28.0 Å². The molecule has 2 heterocycles. The molecular weight excluding hydrogens is 295 g/mol. The van der Waals surface area contributed by atoms with Crippen molar-refractivity contribution in [2.75, 3.05) is 0 Å². The topological polar surface area (TPSA) is 62.0 Å². The highest BCUT2D eigenvalue weighted by atomic mass is 32.1. The van der Waals surface area contributed by atoms with Gasteiger partial charge in [0.05, 0.1) is 5.56 Å². The fraction of sp³-hybridized carbons (Fsp3) is 0.375. The molecule has 0 spiro atoms. The Morgan fingerprint density at radius 3 is 2.73 bits per heavy atom. The largest absolute Gasteiger partial charge is 0.362 e. The van der Waals surface area contributed by atoms with E-state index in [9.17, 15) is 9.59 Å². The summed E-state index contributed by atoms with van der Waals surface area (Å²) in [7, 11) is 2.12. The van der Waals surface area contributed by atoms with Crippen LogP contribution in [0.25, 0.3) is 0 Å². The Morgan fingerprint density at radius 1 is 1.36 bits per heavy atom. The van der Waals surface area contributed by atoms with E-state index in [1.54, 1.807) is 17.4 Å². The Kier molecular flexibility index (Phi) is 5.24. The molecule has 2 rings (SSSR count). The van der Waals surface area contributed by atoms with Gasteiger partial charge in [-0.2, -0.15) is 11.3 Å². The van der Waals surface area contributed by atoms with Gasteiger partial charge >= 0.3 is 0 Å². The number of aromatic amines is 1. The highest BCUT2D eigenvalue weighted by molar-refractivity contribution is 7.20. The number of hydrogen-bond donors (Lipinski definition) is 2. The van der Waals surface area contributed by atoms with E-state index in [1.165, 1.54) is 0 Å². The molecule has 1 radical (unpaired) electrons. The molecule has 0 atom stereocenters. The number of aryl methyl sites for hydroxylation is 2. The third-order valence-corrected chi connectivity index (χ3v) is 4.70. The number of pyridine rings is 1. The Labute approximate surface area is 135 Å². The van der Waals surface area contributed by atoms with Gasteiger partial charge in [-0.15, -0.1) is 0 Å². The molecule has 0 fully saturated rings. The van der Waals surface area contributed by atoms with Gasteiger partial charge in [0, 0.05) is 34.9 Å². The van der Waals surface area contributed by atoms with Crippen molar-refractivity contribution in [3.63, 3.8) is 0 Å². The zero-order valence-electron chi connectivity index (χ0n) is 13.4. The Morgan fingerprint density at radius 2 is 2.09 bits per heavy atom. The number of thiophene rings is 1. The second-order valence-corrected chi connectivity index (χ2v) is 6.27. The number of aromatic nitrogens is 1. The van der Waals surface area contributed by atoms with Crippen LogP contribution in [0.5, 0.6) is 0 Å². The summed E-state index contributed by atoms with van der Waals surface area (Å²) in [5.41, 5.74) is 3.87. The first kappa shape index (κ1) is 16.6. The molecule has 0 aliphatic heterocycles. The number of hydrogen-bond acceptors (Lipinski definition) is 3. The molecule has 2 aromatic rings. The van der Waals surface area contributed by atoms with E-state index >= 15 is 0 Å². The number of H-pyrrole nitrogens is 1. The smallest absolute Gasteiger partial charge is 0.252 e. The summed E-state index contributed by atoms with van der Waals surface area (Å²) in [4.78, 5) is 27.4. The molecule has 0 saturated carbocycles. The quantitative estimate of drug-likeness (QED) is 0.830. The van der Waals surface area contributed by atoms with Gasteiger partial charge in [-0.25, -0.2) is 0 Å². The average Bonchev–Trinajstić information content (AvgIpc) is 2.79. The van der Waals surface area contributed by atoms with Crippen LogP contribution >= 0.6 is 11.3 Å². The Bertz CT molecular complexity index is 749. The molecule has 0 saturated heterocycles. The summed E-state index contributed by atoms with van der Waals surface area (Å²) >= 11 is 1.57. The predicted molar refractivity (Wildman–Crippen MR) is 92.6 cm³/mol. The lowest BCUT2D eigenvalue weighted by molar-refractivity contribution is 0.0950. The SMILES string of the molecule is CC[B]c1scc(C(=O)NCc2c(C)[nH]c(C)cc2=O)c1C. The van der Waals surface area contributed by atoms with Crippen LogP contribution in [-0.4, -0.2) is 18.2 Å². The molecule has 0 aliphatic carbocycles. The molecule has 4 nitrogen and oxygen atoms in total. The maximum atomic E-state index is 12.3. The van der Waals surface area contributed by atoms with Crippen molar-refractivity contribution < 1.29 is 4.79 Å². The summed E-state index contributed by atoms with van der Waals surface area (Å²) in [5, 5.41) is 4.72. The molecule has 0 bridgehead atoms. The predicted octanol–water partition coefficient (Wildman–Crippen LogP) is 2.06. The minimum Gasteiger partial charge on any atom is -0.362 e. The monoisotopic (exact) mass is 315 g/mol. The van der Waals surface area contributed by atoms with Gasteiger partial charge < -0.3 is 10.3 Å². The van der Waals surface area contributed by atoms with Crippen molar-refractivity contribution in [3.8, 4) is 0 Å². The van der Waals surface area contributed by atoms with Crippen LogP contribution in [0.3, 0.4) is 0 Å². The standard InChI is InChI=1S/C16H20BN2O2S/c1-5-17-15-10(3)13(8-22-15)16(21)18-7-12-11(4)19-9(2)6-14(12)20/h6,8H,5,7H2,1-4H3,(H,18,21)(H,19,20). The van der Waals surface area contributed by atoms with Gasteiger partial charge in [-0.3, -0.25) is 9.59 Å². The first-order valence-corrected chi connectivity index (χ1v) is 8.20. The zero-order valence-corrected chi connectivity index (χ0v) is 14.2. The fourth-order valence-electron chi connectivity index (χ4n) is 2.40. The molecule has 22 heavy (non-hydrogen) atoms. The Hall–Kier alpha value is -1.82. The lowest BCUT2D eigenvalue weighted by atomic mass is 9.72. The van der Waals surface area contributed by atoms with E-state index in [4.69, 9.17) is 0 Å². The number of carbonyl (C=O) groups is 1. The molecule has 0 aromatic carbocycles. The minimum atomic E-state index is -0.135. The van der Waals surface area contributed by atoms with Gasteiger partial charge in [0.25, 0.3) is 5.91 Å². The van der Waals surface area contributed by atoms with Crippen LogP contribution in [0.2, 0.25) is 6.32 Å². The summed E-state index contributed by atoms with van der Waals surface area (Å²) in [6, 6.07) is 1.55. The van der Waals surface area contributed by atoms with E-state index in [1.807, 2.05) is 26.2 Å². The molecule has 1 amide bonds. The highest BCUT2D eigenvalue weighted by Gasteiger charge is 2.15. The molecule has 2 aromatic heterocycles. The number of nitrogens with one attached hydrogen (secondary N) is 2. The fourth-order valence-corrected chi connectivity index (χ4v) is 3.48. The lowest BCUT2D eigenvalue weighted by Crippen LogP contribution is -2.28. The van der Waals surface area contributed by atoms with Crippen LogP contribution in [0.15, 0.2) is 16.2 Å². The third kappa shape index (κ3) is 3.50. The van der Waals surface area contributed by atoms with E-state index < -0.39 is 0 Å². The van der Waals surface area contributed by atoms with Crippen LogP contribution in [-0.2, 0) is 6.54 Å². The maximum absolute atomic E-state index is 12.3. The van der Waals surface area contributed by atoms with Crippen molar-refractivity contribution in [1.82, 2.24) is 10.3 Å². The summed E-state index contributed by atoms with van der Waals surface area (Å²) in [6.45, 7) is 7.96. The zero-order chi connectivity index (χ0) is 16.3. The van der Waals surface area contributed by atoms with E-state index in [2.05, 4.69) is 24.5 Å². The molecule has 0 aliphatic rings. The molecular formula is C16H20BN2O2S. The third-order valence-electron chi connectivity index (χ3n) is 3.62. The highest BCUT2D eigenvalue weighted by Crippen LogP contribution is 2.12. The minimum absolute atomic E-state index is 0.0453. The number of amides is 1.